The Morgan fingerprint density at radius 2 is 1.90 bits per heavy atom. The summed E-state index contributed by atoms with van der Waals surface area (Å²) in [5.41, 5.74) is 3.45. The Bertz CT molecular complexity index is 895. The summed E-state index contributed by atoms with van der Waals surface area (Å²) in [5, 5.41) is 14.5. The molecular weight excluding hydrogens is 378 g/mol. The van der Waals surface area contributed by atoms with E-state index >= 15 is 0 Å². The maximum absolute atomic E-state index is 10.3. The van der Waals surface area contributed by atoms with Gasteiger partial charge in [0.25, 0.3) is 0 Å². The van der Waals surface area contributed by atoms with E-state index in [0.717, 1.165) is 30.2 Å². The average molecular weight is 410 g/mol. The van der Waals surface area contributed by atoms with Crippen LogP contribution in [0.25, 0.3) is 0 Å². The van der Waals surface area contributed by atoms with Crippen molar-refractivity contribution >= 4 is 0 Å². The highest BCUT2D eigenvalue weighted by Crippen LogP contribution is 2.19. The fourth-order valence-electron chi connectivity index (χ4n) is 3.32. The molecule has 1 unspecified atom stereocenters. The van der Waals surface area contributed by atoms with Gasteiger partial charge in [0.05, 0.1) is 6.54 Å². The van der Waals surface area contributed by atoms with Gasteiger partial charge in [0.15, 0.2) is 0 Å². The SMILES string of the molecule is Cc1ccc(OCC(O)CN(C)Cc2ccc(OCCn3cccn3)cc2)c(C)c1. The molecular formula is C24H31N3O3. The molecule has 6 nitrogen and oxygen atoms in total. The molecule has 1 atom stereocenters. The summed E-state index contributed by atoms with van der Waals surface area (Å²) in [4.78, 5) is 2.09. The van der Waals surface area contributed by atoms with Gasteiger partial charge in [-0.2, -0.15) is 5.10 Å². The number of likely N-dealkylation sites (N-methyl/N-ethyl adjacent to an activating group) is 1. The smallest absolute Gasteiger partial charge is 0.122 e. The van der Waals surface area contributed by atoms with Gasteiger partial charge in [-0.1, -0.05) is 29.8 Å². The minimum absolute atomic E-state index is 0.275. The second-order valence-corrected chi connectivity index (χ2v) is 7.69. The van der Waals surface area contributed by atoms with Gasteiger partial charge in [0.1, 0.15) is 30.8 Å². The number of aryl methyl sites for hydroxylation is 2. The lowest BCUT2D eigenvalue weighted by molar-refractivity contribution is 0.0741. The molecule has 0 aliphatic rings. The van der Waals surface area contributed by atoms with E-state index in [4.69, 9.17) is 9.47 Å². The highest BCUT2D eigenvalue weighted by atomic mass is 16.5. The summed E-state index contributed by atoms with van der Waals surface area (Å²) in [6.45, 7) is 6.93. The summed E-state index contributed by atoms with van der Waals surface area (Å²) >= 11 is 0. The maximum Gasteiger partial charge on any atom is 0.122 e. The lowest BCUT2D eigenvalue weighted by Crippen LogP contribution is -2.32. The van der Waals surface area contributed by atoms with E-state index in [2.05, 4.69) is 35.1 Å². The quantitative estimate of drug-likeness (QED) is 0.526. The first-order valence-corrected chi connectivity index (χ1v) is 10.3. The number of ether oxygens (including phenoxy) is 2. The molecule has 1 N–H and O–H groups in total. The molecule has 3 aromatic rings. The third-order valence-electron chi connectivity index (χ3n) is 4.81. The van der Waals surface area contributed by atoms with Crippen LogP contribution in [0.15, 0.2) is 60.9 Å². The Morgan fingerprint density at radius 3 is 2.60 bits per heavy atom. The Kier molecular flexibility index (Phi) is 7.88. The largest absolute Gasteiger partial charge is 0.492 e. The van der Waals surface area contributed by atoms with Crippen LogP contribution >= 0.6 is 0 Å². The number of aliphatic hydroxyl groups is 1. The predicted octanol–water partition coefficient (Wildman–Crippen LogP) is 3.45. The summed E-state index contributed by atoms with van der Waals surface area (Å²) < 4.78 is 13.4. The van der Waals surface area contributed by atoms with E-state index in [1.807, 2.05) is 55.2 Å². The maximum atomic E-state index is 10.3. The lowest BCUT2D eigenvalue weighted by Gasteiger charge is -2.21. The normalized spacial score (nSPS) is 12.2. The van der Waals surface area contributed by atoms with E-state index in [1.165, 1.54) is 11.1 Å². The van der Waals surface area contributed by atoms with E-state index in [9.17, 15) is 5.11 Å². The molecule has 0 spiro atoms. The van der Waals surface area contributed by atoms with Crippen molar-refractivity contribution in [2.75, 3.05) is 26.8 Å². The molecule has 6 heteroatoms. The van der Waals surface area contributed by atoms with Gasteiger partial charge < -0.3 is 14.6 Å². The zero-order chi connectivity index (χ0) is 21.3. The molecule has 0 saturated heterocycles. The van der Waals surface area contributed by atoms with Crippen LogP contribution in [0, 0.1) is 13.8 Å². The summed E-state index contributed by atoms with van der Waals surface area (Å²) in [6, 6.07) is 16.0. The summed E-state index contributed by atoms with van der Waals surface area (Å²) in [7, 11) is 1.99. The molecule has 0 aliphatic carbocycles. The molecule has 0 aliphatic heterocycles. The van der Waals surface area contributed by atoms with Crippen molar-refractivity contribution in [3.63, 3.8) is 0 Å². The minimum Gasteiger partial charge on any atom is -0.492 e. The molecule has 0 bridgehead atoms. The van der Waals surface area contributed by atoms with Gasteiger partial charge >= 0.3 is 0 Å². The van der Waals surface area contributed by atoms with Crippen molar-refractivity contribution < 1.29 is 14.6 Å². The van der Waals surface area contributed by atoms with E-state index < -0.39 is 6.10 Å². The second-order valence-electron chi connectivity index (χ2n) is 7.69. The Balaban J connectivity index is 1.38. The monoisotopic (exact) mass is 409 g/mol. The fraction of sp³-hybridized carbons (Fsp3) is 0.375. The predicted molar refractivity (Wildman–Crippen MR) is 118 cm³/mol. The standard InChI is InChI=1S/C24H31N3O3/c1-19-5-10-24(20(2)15-19)30-18-22(28)17-26(3)16-21-6-8-23(9-7-21)29-14-13-27-12-4-11-25-27/h4-12,15,22,28H,13-14,16-18H2,1-3H3. The molecule has 30 heavy (non-hydrogen) atoms. The molecule has 2 aromatic carbocycles. The van der Waals surface area contributed by atoms with E-state index in [0.29, 0.717) is 13.2 Å². The van der Waals surface area contributed by atoms with Gasteiger partial charge in [0.2, 0.25) is 0 Å². The van der Waals surface area contributed by atoms with Crippen molar-refractivity contribution in [1.29, 1.82) is 0 Å². The Hall–Kier alpha value is -2.83. The molecule has 1 heterocycles. The second kappa shape index (κ2) is 10.8. The molecule has 0 radical (unpaired) electrons. The number of hydrogen-bond donors (Lipinski definition) is 1. The molecule has 3 rings (SSSR count). The zero-order valence-corrected chi connectivity index (χ0v) is 18.0. The molecule has 0 amide bonds. The number of aliphatic hydroxyl groups excluding tert-OH is 1. The summed E-state index contributed by atoms with van der Waals surface area (Å²) in [5.74, 6) is 1.67. The van der Waals surface area contributed by atoms with Gasteiger partial charge in [-0.15, -0.1) is 0 Å². The number of aromatic nitrogens is 2. The molecule has 160 valence electrons. The lowest BCUT2D eigenvalue weighted by atomic mass is 10.1. The van der Waals surface area contributed by atoms with E-state index in [1.54, 1.807) is 6.20 Å². The number of nitrogens with zero attached hydrogens (tertiary/aromatic N) is 3. The van der Waals surface area contributed by atoms with Crippen LogP contribution in [0.2, 0.25) is 0 Å². The van der Waals surface area contributed by atoms with Gasteiger partial charge in [-0.25, -0.2) is 0 Å². The van der Waals surface area contributed by atoms with Gasteiger partial charge in [-0.3, -0.25) is 9.58 Å². The Morgan fingerprint density at radius 1 is 1.10 bits per heavy atom. The van der Waals surface area contributed by atoms with Crippen LogP contribution in [0.4, 0.5) is 0 Å². The third-order valence-corrected chi connectivity index (χ3v) is 4.81. The summed E-state index contributed by atoms with van der Waals surface area (Å²) in [6.07, 6.45) is 3.13. The highest BCUT2D eigenvalue weighted by molar-refractivity contribution is 5.35. The van der Waals surface area contributed by atoms with Crippen LogP contribution in [-0.4, -0.2) is 52.7 Å². The topological polar surface area (TPSA) is 59.8 Å². The van der Waals surface area contributed by atoms with Gasteiger partial charge in [-0.05, 0) is 56.3 Å². The fourth-order valence-corrected chi connectivity index (χ4v) is 3.32. The molecule has 1 aromatic heterocycles. The first-order chi connectivity index (χ1) is 14.5. The van der Waals surface area contributed by atoms with Crippen molar-refractivity contribution in [2.45, 2.75) is 33.0 Å². The van der Waals surface area contributed by atoms with Crippen molar-refractivity contribution in [3.05, 3.63) is 77.6 Å². The molecule has 0 fully saturated rings. The van der Waals surface area contributed by atoms with Crippen LogP contribution < -0.4 is 9.47 Å². The number of hydrogen-bond acceptors (Lipinski definition) is 5. The van der Waals surface area contributed by atoms with Crippen molar-refractivity contribution in [1.82, 2.24) is 14.7 Å². The Labute approximate surface area is 178 Å². The van der Waals surface area contributed by atoms with Crippen LogP contribution in [0.3, 0.4) is 0 Å². The highest BCUT2D eigenvalue weighted by Gasteiger charge is 2.11. The van der Waals surface area contributed by atoms with Crippen molar-refractivity contribution in [3.8, 4) is 11.5 Å². The minimum atomic E-state index is -0.555. The number of rotatable bonds is 11. The average Bonchev–Trinajstić information content (AvgIpc) is 3.22. The van der Waals surface area contributed by atoms with Gasteiger partial charge in [0, 0.05) is 25.5 Å². The third kappa shape index (κ3) is 6.90. The van der Waals surface area contributed by atoms with Crippen LogP contribution in [0.5, 0.6) is 11.5 Å². The van der Waals surface area contributed by atoms with Crippen molar-refractivity contribution in [2.24, 2.45) is 0 Å². The first-order valence-electron chi connectivity index (χ1n) is 10.3. The first kappa shape index (κ1) is 21.9. The molecule has 0 saturated carbocycles. The van der Waals surface area contributed by atoms with Crippen LogP contribution in [-0.2, 0) is 13.1 Å². The van der Waals surface area contributed by atoms with E-state index in [-0.39, 0.29) is 6.61 Å². The number of benzene rings is 2. The van der Waals surface area contributed by atoms with Crippen LogP contribution in [0.1, 0.15) is 16.7 Å². The zero-order valence-electron chi connectivity index (χ0n) is 18.0.